The maximum absolute atomic E-state index is 13.9. The Balaban J connectivity index is 1.54. The molecule has 1 aromatic heterocycles. The predicted molar refractivity (Wildman–Crippen MR) is 145 cm³/mol. The maximum atomic E-state index is 13.9. The SMILES string of the molecule is CCC(C)C(NC(=O)CCc1ccccc1F)C(=O)N[C@]1(C(=O)O)CCc2[nH]c3c(Cl)cc(Cl)cc3c2C1. The summed E-state index contributed by atoms with van der Waals surface area (Å²) in [6.07, 6.45) is 1.33. The number of carbonyl (C=O) groups excluding carboxylic acids is 2. The van der Waals surface area contributed by atoms with E-state index in [2.05, 4.69) is 15.6 Å². The number of aromatic nitrogens is 1. The van der Waals surface area contributed by atoms with Crippen LogP contribution in [0.15, 0.2) is 36.4 Å². The van der Waals surface area contributed by atoms with Crippen molar-refractivity contribution in [1.82, 2.24) is 15.6 Å². The van der Waals surface area contributed by atoms with Crippen molar-refractivity contribution in [3.63, 3.8) is 0 Å². The van der Waals surface area contributed by atoms with E-state index in [-0.39, 0.29) is 31.6 Å². The highest BCUT2D eigenvalue weighted by Gasteiger charge is 2.45. The fourth-order valence-corrected chi connectivity index (χ4v) is 5.57. The summed E-state index contributed by atoms with van der Waals surface area (Å²) < 4.78 is 13.9. The van der Waals surface area contributed by atoms with Gasteiger partial charge < -0.3 is 20.7 Å². The maximum Gasteiger partial charge on any atom is 0.329 e. The first-order valence-corrected chi connectivity index (χ1v) is 13.4. The summed E-state index contributed by atoms with van der Waals surface area (Å²) in [5.41, 5.74) is 1.11. The molecule has 2 unspecified atom stereocenters. The van der Waals surface area contributed by atoms with Crippen LogP contribution >= 0.6 is 23.2 Å². The van der Waals surface area contributed by atoms with Crippen LogP contribution in [0.5, 0.6) is 0 Å². The number of fused-ring (bicyclic) bond motifs is 3. The number of carboxylic acid groups (broad SMARTS) is 1. The molecule has 0 fully saturated rings. The first kappa shape index (κ1) is 27.9. The molecule has 202 valence electrons. The Morgan fingerprint density at radius 1 is 1.21 bits per heavy atom. The van der Waals surface area contributed by atoms with E-state index in [1.54, 1.807) is 30.3 Å². The second kappa shape index (κ2) is 11.3. The number of nitrogens with one attached hydrogen (secondary N) is 3. The van der Waals surface area contributed by atoms with Crippen LogP contribution < -0.4 is 10.6 Å². The topological polar surface area (TPSA) is 111 Å². The zero-order valence-electron chi connectivity index (χ0n) is 21.2. The van der Waals surface area contributed by atoms with E-state index in [9.17, 15) is 23.9 Å². The van der Waals surface area contributed by atoms with Crippen LogP contribution in [0, 0.1) is 11.7 Å². The van der Waals surface area contributed by atoms with Crippen molar-refractivity contribution >= 4 is 51.9 Å². The molecule has 38 heavy (non-hydrogen) atoms. The van der Waals surface area contributed by atoms with Gasteiger partial charge in [0.25, 0.3) is 0 Å². The van der Waals surface area contributed by atoms with E-state index in [0.29, 0.717) is 34.0 Å². The van der Waals surface area contributed by atoms with Crippen LogP contribution in [-0.4, -0.2) is 39.5 Å². The van der Waals surface area contributed by atoms with Gasteiger partial charge in [0.2, 0.25) is 11.8 Å². The summed E-state index contributed by atoms with van der Waals surface area (Å²) in [5, 5.41) is 17.4. The molecule has 0 bridgehead atoms. The van der Waals surface area contributed by atoms with E-state index >= 15 is 0 Å². The molecule has 2 aromatic carbocycles. The Kier molecular flexibility index (Phi) is 8.33. The Bertz CT molecular complexity index is 1390. The summed E-state index contributed by atoms with van der Waals surface area (Å²) >= 11 is 12.6. The first-order chi connectivity index (χ1) is 18.0. The number of hydrogen-bond acceptors (Lipinski definition) is 3. The predicted octanol–water partition coefficient (Wildman–Crippen LogP) is 5.21. The highest BCUT2D eigenvalue weighted by molar-refractivity contribution is 6.38. The van der Waals surface area contributed by atoms with Gasteiger partial charge in [-0.1, -0.05) is 61.7 Å². The number of benzene rings is 2. The molecule has 3 aromatic rings. The standard InChI is InChI=1S/C28H30Cl2FN3O4/c1-3-15(2)24(33-23(35)9-8-16-6-4-5-7-21(16)31)26(36)34-28(27(37)38)11-10-22-19(14-28)18-12-17(29)13-20(30)25(18)32-22/h4-7,12-13,15,24,32H,3,8-11,14H2,1-2H3,(H,33,35)(H,34,36)(H,37,38)/t15?,24?,28-/m1/s1. The number of halogens is 3. The number of H-pyrrole nitrogens is 1. The van der Waals surface area contributed by atoms with E-state index in [1.807, 2.05) is 13.8 Å². The fraction of sp³-hybridized carbons (Fsp3) is 0.393. The summed E-state index contributed by atoms with van der Waals surface area (Å²) in [6.45, 7) is 3.70. The van der Waals surface area contributed by atoms with E-state index < -0.39 is 35.2 Å². The molecule has 10 heteroatoms. The summed E-state index contributed by atoms with van der Waals surface area (Å²) in [7, 11) is 0. The Morgan fingerprint density at radius 3 is 2.63 bits per heavy atom. The Hall–Kier alpha value is -3.10. The van der Waals surface area contributed by atoms with Gasteiger partial charge in [-0.2, -0.15) is 0 Å². The van der Waals surface area contributed by atoms with Gasteiger partial charge in [0, 0.05) is 28.9 Å². The third kappa shape index (κ3) is 5.66. The van der Waals surface area contributed by atoms with Crippen molar-refractivity contribution in [3.8, 4) is 0 Å². The van der Waals surface area contributed by atoms with Gasteiger partial charge in [-0.15, -0.1) is 0 Å². The lowest BCUT2D eigenvalue weighted by Gasteiger charge is -2.36. The molecule has 2 amide bonds. The number of aromatic amines is 1. The van der Waals surface area contributed by atoms with Crippen molar-refractivity contribution in [2.45, 2.75) is 64.0 Å². The van der Waals surface area contributed by atoms with Crippen molar-refractivity contribution in [2.75, 3.05) is 0 Å². The molecule has 1 heterocycles. The van der Waals surface area contributed by atoms with Crippen LogP contribution in [0.2, 0.25) is 10.0 Å². The minimum Gasteiger partial charge on any atom is -0.479 e. The average Bonchev–Trinajstić information content (AvgIpc) is 3.24. The molecule has 7 nitrogen and oxygen atoms in total. The minimum absolute atomic E-state index is 0.00849. The number of carbonyl (C=O) groups is 3. The summed E-state index contributed by atoms with van der Waals surface area (Å²) in [6, 6.07) is 8.62. The molecule has 0 saturated carbocycles. The van der Waals surface area contributed by atoms with Crippen LogP contribution in [0.4, 0.5) is 4.39 Å². The molecular weight excluding hydrogens is 532 g/mol. The highest BCUT2D eigenvalue weighted by atomic mass is 35.5. The van der Waals surface area contributed by atoms with Crippen LogP contribution in [0.3, 0.4) is 0 Å². The second-order valence-corrected chi connectivity index (χ2v) is 10.8. The third-order valence-corrected chi connectivity index (χ3v) is 7.98. The monoisotopic (exact) mass is 561 g/mol. The molecule has 1 aliphatic carbocycles. The smallest absolute Gasteiger partial charge is 0.329 e. The molecule has 4 rings (SSSR count). The Labute approximate surface area is 230 Å². The quantitative estimate of drug-likeness (QED) is 0.287. The van der Waals surface area contributed by atoms with Crippen molar-refractivity contribution in [3.05, 3.63) is 69.1 Å². The van der Waals surface area contributed by atoms with Gasteiger partial charge >= 0.3 is 5.97 Å². The lowest BCUT2D eigenvalue weighted by atomic mass is 9.79. The summed E-state index contributed by atoms with van der Waals surface area (Å²) in [5.74, 6) is -2.79. The third-order valence-electron chi connectivity index (χ3n) is 7.46. The van der Waals surface area contributed by atoms with E-state index in [1.165, 1.54) is 6.07 Å². The number of hydrogen-bond donors (Lipinski definition) is 4. The van der Waals surface area contributed by atoms with Gasteiger partial charge in [-0.05, 0) is 54.5 Å². The molecule has 0 radical (unpaired) electrons. The second-order valence-electron chi connectivity index (χ2n) is 9.97. The number of aliphatic carboxylic acids is 1. The van der Waals surface area contributed by atoms with Crippen LogP contribution in [0.25, 0.3) is 10.9 Å². The molecular formula is C28H30Cl2FN3O4. The first-order valence-electron chi connectivity index (χ1n) is 12.6. The number of amides is 2. The van der Waals surface area contributed by atoms with Gasteiger partial charge in [0.05, 0.1) is 10.5 Å². The van der Waals surface area contributed by atoms with Crippen LogP contribution in [-0.2, 0) is 33.6 Å². The molecule has 0 saturated heterocycles. The molecule has 0 spiro atoms. The molecule has 1 aliphatic rings. The fourth-order valence-electron chi connectivity index (χ4n) is 5.02. The van der Waals surface area contributed by atoms with Gasteiger partial charge in [0.15, 0.2) is 0 Å². The van der Waals surface area contributed by atoms with Gasteiger partial charge in [-0.3, -0.25) is 9.59 Å². The highest BCUT2D eigenvalue weighted by Crippen LogP contribution is 2.38. The Morgan fingerprint density at radius 2 is 1.95 bits per heavy atom. The van der Waals surface area contributed by atoms with Gasteiger partial charge in [-0.25, -0.2) is 9.18 Å². The zero-order chi connectivity index (χ0) is 27.6. The number of aryl methyl sites for hydroxylation is 2. The van der Waals surface area contributed by atoms with Gasteiger partial charge in [0.1, 0.15) is 17.4 Å². The minimum atomic E-state index is -1.57. The molecule has 0 aliphatic heterocycles. The molecule has 4 N–H and O–H groups in total. The number of carboxylic acids is 1. The van der Waals surface area contributed by atoms with Crippen molar-refractivity contribution in [2.24, 2.45) is 5.92 Å². The van der Waals surface area contributed by atoms with E-state index in [4.69, 9.17) is 23.2 Å². The van der Waals surface area contributed by atoms with Crippen LogP contribution in [0.1, 0.15) is 49.9 Å². The van der Waals surface area contributed by atoms with E-state index in [0.717, 1.165) is 16.6 Å². The zero-order valence-corrected chi connectivity index (χ0v) is 22.7. The molecule has 3 atom stereocenters. The largest absolute Gasteiger partial charge is 0.479 e. The van der Waals surface area contributed by atoms with Crippen molar-refractivity contribution in [1.29, 1.82) is 0 Å². The lowest BCUT2D eigenvalue weighted by molar-refractivity contribution is -0.149. The normalized spacial score (nSPS) is 18.4. The average molecular weight is 562 g/mol. The number of rotatable bonds is 9. The lowest BCUT2D eigenvalue weighted by Crippen LogP contribution is -2.62. The van der Waals surface area contributed by atoms with Crippen molar-refractivity contribution < 1.29 is 23.9 Å². The summed E-state index contributed by atoms with van der Waals surface area (Å²) in [4.78, 5) is 42.1.